The molecule has 3 N–H and O–H groups in total. The first-order valence-electron chi connectivity index (χ1n) is 6.12. The first-order valence-corrected chi connectivity index (χ1v) is 6.12. The van der Waals surface area contributed by atoms with Gasteiger partial charge in [-0.3, -0.25) is 9.20 Å². The maximum Gasteiger partial charge on any atom is 0.257 e. The topological polar surface area (TPSA) is 85.3 Å². The van der Waals surface area contributed by atoms with E-state index in [0.717, 1.165) is 5.82 Å². The first-order chi connectivity index (χ1) is 9.63. The van der Waals surface area contributed by atoms with Crippen molar-refractivity contribution in [2.24, 2.45) is 0 Å². The number of nitrogens with one attached hydrogen (secondary N) is 1. The Morgan fingerprint density at radius 3 is 2.90 bits per heavy atom. The van der Waals surface area contributed by atoms with Gasteiger partial charge in [0.1, 0.15) is 5.82 Å². The Bertz CT molecular complexity index is 793. The number of nitrogen functional groups attached to an aromatic ring is 1. The number of nitrogens with zero attached hydrogens (tertiary/aromatic N) is 3. The minimum Gasteiger partial charge on any atom is -0.399 e. The van der Waals surface area contributed by atoms with Crippen molar-refractivity contribution in [3.63, 3.8) is 0 Å². The van der Waals surface area contributed by atoms with Crippen LogP contribution in [-0.2, 0) is 0 Å². The van der Waals surface area contributed by atoms with E-state index >= 15 is 0 Å². The molecule has 0 fully saturated rings. The Balaban J connectivity index is 1.90. The highest BCUT2D eigenvalue weighted by Crippen LogP contribution is 2.14. The number of rotatable bonds is 2. The summed E-state index contributed by atoms with van der Waals surface area (Å²) in [5.74, 6) is 0.532. The number of hydrogen-bond acceptors (Lipinski definition) is 4. The summed E-state index contributed by atoms with van der Waals surface area (Å²) in [7, 11) is 0. The van der Waals surface area contributed by atoms with E-state index in [-0.39, 0.29) is 5.91 Å². The third kappa shape index (κ3) is 2.18. The molecule has 20 heavy (non-hydrogen) atoms. The summed E-state index contributed by atoms with van der Waals surface area (Å²) in [6.07, 6.45) is 1.71. The second kappa shape index (κ2) is 4.65. The number of benzene rings is 1. The first kappa shape index (κ1) is 12.2. The fourth-order valence-corrected chi connectivity index (χ4v) is 1.96. The van der Waals surface area contributed by atoms with Crippen molar-refractivity contribution >= 4 is 22.9 Å². The van der Waals surface area contributed by atoms with Gasteiger partial charge in [-0.05, 0) is 37.3 Å². The molecule has 0 saturated heterocycles. The molecule has 100 valence electrons. The Morgan fingerprint density at radius 2 is 2.10 bits per heavy atom. The van der Waals surface area contributed by atoms with Gasteiger partial charge < -0.3 is 11.1 Å². The summed E-state index contributed by atoms with van der Waals surface area (Å²) in [5, 5.41) is 10.7. The average Bonchev–Trinajstić information content (AvgIpc) is 2.80. The van der Waals surface area contributed by atoms with Crippen molar-refractivity contribution < 1.29 is 4.79 Å². The van der Waals surface area contributed by atoms with Crippen LogP contribution in [0.3, 0.4) is 0 Å². The fourth-order valence-electron chi connectivity index (χ4n) is 1.96. The maximum absolute atomic E-state index is 12.2. The van der Waals surface area contributed by atoms with Crippen molar-refractivity contribution in [1.82, 2.24) is 14.6 Å². The molecule has 1 aromatic carbocycles. The third-order valence-electron chi connectivity index (χ3n) is 2.98. The molecule has 0 atom stereocenters. The average molecular weight is 267 g/mol. The summed E-state index contributed by atoms with van der Waals surface area (Å²) >= 11 is 0. The molecule has 0 aliphatic heterocycles. The van der Waals surface area contributed by atoms with Crippen LogP contribution in [0.25, 0.3) is 5.65 Å². The zero-order valence-electron chi connectivity index (χ0n) is 10.9. The Labute approximate surface area is 115 Å². The predicted octanol–water partition coefficient (Wildman–Crippen LogP) is 1.87. The lowest BCUT2D eigenvalue weighted by molar-refractivity contribution is 0.102. The molecule has 2 aromatic heterocycles. The van der Waals surface area contributed by atoms with E-state index in [1.165, 1.54) is 0 Å². The van der Waals surface area contributed by atoms with Crippen LogP contribution < -0.4 is 11.1 Å². The molecular weight excluding hydrogens is 254 g/mol. The van der Waals surface area contributed by atoms with Gasteiger partial charge in [-0.2, -0.15) is 0 Å². The molecule has 3 aromatic rings. The molecule has 0 unspecified atom stereocenters. The minimum absolute atomic E-state index is 0.203. The van der Waals surface area contributed by atoms with Gasteiger partial charge in [0, 0.05) is 17.6 Å². The second-order valence-electron chi connectivity index (χ2n) is 4.47. The van der Waals surface area contributed by atoms with Crippen molar-refractivity contribution in [3.05, 3.63) is 54.0 Å². The number of nitrogens with two attached hydrogens (primary N) is 1. The predicted molar refractivity (Wildman–Crippen MR) is 76.5 cm³/mol. The van der Waals surface area contributed by atoms with Crippen LogP contribution in [0, 0.1) is 6.92 Å². The molecule has 0 aliphatic rings. The molecule has 6 nitrogen and oxygen atoms in total. The van der Waals surface area contributed by atoms with Gasteiger partial charge in [0.25, 0.3) is 5.91 Å². The normalized spacial score (nSPS) is 10.7. The number of amides is 1. The SMILES string of the molecule is Cc1nnc2ccc(C(=O)Nc3cccc(N)c3)cn12. The number of fused-ring (bicyclic) bond motifs is 1. The monoisotopic (exact) mass is 267 g/mol. The lowest BCUT2D eigenvalue weighted by atomic mass is 10.2. The summed E-state index contributed by atoms with van der Waals surface area (Å²) in [4.78, 5) is 12.2. The van der Waals surface area contributed by atoms with Crippen LogP contribution in [0.15, 0.2) is 42.6 Å². The molecule has 0 saturated carbocycles. The minimum atomic E-state index is -0.203. The molecule has 0 bridgehead atoms. The molecule has 0 aliphatic carbocycles. The molecular formula is C14H13N5O. The highest BCUT2D eigenvalue weighted by atomic mass is 16.1. The number of anilines is 2. The van der Waals surface area contributed by atoms with E-state index in [4.69, 9.17) is 5.73 Å². The summed E-state index contributed by atoms with van der Waals surface area (Å²) in [6, 6.07) is 10.5. The zero-order chi connectivity index (χ0) is 14.1. The summed E-state index contributed by atoms with van der Waals surface area (Å²) in [5.41, 5.74) is 8.19. The van der Waals surface area contributed by atoms with Crippen LogP contribution in [0.1, 0.15) is 16.2 Å². The number of pyridine rings is 1. The fraction of sp³-hybridized carbons (Fsp3) is 0.0714. The van der Waals surface area contributed by atoms with Gasteiger partial charge in [-0.15, -0.1) is 10.2 Å². The lowest BCUT2D eigenvalue weighted by Crippen LogP contribution is -2.12. The van der Waals surface area contributed by atoms with Gasteiger partial charge in [0.05, 0.1) is 5.56 Å². The van der Waals surface area contributed by atoms with E-state index in [1.807, 2.05) is 6.92 Å². The number of aryl methyl sites for hydroxylation is 1. The van der Waals surface area contributed by atoms with Gasteiger partial charge >= 0.3 is 0 Å². The highest BCUT2D eigenvalue weighted by Gasteiger charge is 2.09. The van der Waals surface area contributed by atoms with Crippen LogP contribution in [-0.4, -0.2) is 20.5 Å². The van der Waals surface area contributed by atoms with Gasteiger partial charge in [0.2, 0.25) is 0 Å². The maximum atomic E-state index is 12.2. The Kier molecular flexibility index (Phi) is 2.83. The smallest absolute Gasteiger partial charge is 0.257 e. The van der Waals surface area contributed by atoms with E-state index in [1.54, 1.807) is 47.0 Å². The van der Waals surface area contributed by atoms with Crippen LogP contribution >= 0.6 is 0 Å². The van der Waals surface area contributed by atoms with Crippen LogP contribution in [0.5, 0.6) is 0 Å². The third-order valence-corrected chi connectivity index (χ3v) is 2.98. The number of carbonyl (C=O) groups excluding carboxylic acids is 1. The van der Waals surface area contributed by atoms with E-state index in [9.17, 15) is 4.79 Å². The van der Waals surface area contributed by atoms with Gasteiger partial charge in [0.15, 0.2) is 5.65 Å². The van der Waals surface area contributed by atoms with Crippen molar-refractivity contribution in [1.29, 1.82) is 0 Å². The molecule has 0 spiro atoms. The highest BCUT2D eigenvalue weighted by molar-refractivity contribution is 6.04. The molecule has 1 amide bonds. The summed E-state index contributed by atoms with van der Waals surface area (Å²) < 4.78 is 1.77. The zero-order valence-corrected chi connectivity index (χ0v) is 10.9. The standard InChI is InChI=1S/C14H13N5O/c1-9-17-18-13-6-5-10(8-19(9)13)14(20)16-12-4-2-3-11(15)7-12/h2-8H,15H2,1H3,(H,16,20). The van der Waals surface area contributed by atoms with Gasteiger partial charge in [-0.25, -0.2) is 0 Å². The van der Waals surface area contributed by atoms with Crippen molar-refractivity contribution in [2.75, 3.05) is 11.1 Å². The quantitative estimate of drug-likeness (QED) is 0.694. The van der Waals surface area contributed by atoms with E-state index in [2.05, 4.69) is 15.5 Å². The van der Waals surface area contributed by atoms with Crippen molar-refractivity contribution in [3.8, 4) is 0 Å². The van der Waals surface area contributed by atoms with E-state index in [0.29, 0.717) is 22.6 Å². The number of carbonyl (C=O) groups is 1. The molecule has 3 rings (SSSR count). The second-order valence-corrected chi connectivity index (χ2v) is 4.47. The van der Waals surface area contributed by atoms with Crippen LogP contribution in [0.4, 0.5) is 11.4 Å². The molecule has 2 heterocycles. The van der Waals surface area contributed by atoms with E-state index < -0.39 is 0 Å². The largest absolute Gasteiger partial charge is 0.399 e. The molecule has 6 heteroatoms. The number of hydrogen-bond donors (Lipinski definition) is 2. The lowest BCUT2D eigenvalue weighted by Gasteiger charge is -2.06. The number of aromatic nitrogens is 3. The van der Waals surface area contributed by atoms with Crippen LogP contribution in [0.2, 0.25) is 0 Å². The Hall–Kier alpha value is -2.89. The summed E-state index contributed by atoms with van der Waals surface area (Å²) in [6.45, 7) is 1.83. The van der Waals surface area contributed by atoms with Crippen molar-refractivity contribution in [2.45, 2.75) is 6.92 Å². The van der Waals surface area contributed by atoms with Gasteiger partial charge in [-0.1, -0.05) is 6.07 Å². The molecule has 0 radical (unpaired) electrons. The Morgan fingerprint density at radius 1 is 1.25 bits per heavy atom.